The molecule has 0 unspecified atom stereocenters. The fourth-order valence-electron chi connectivity index (χ4n) is 3.10. The van der Waals surface area contributed by atoms with E-state index in [2.05, 4.69) is 9.98 Å². The molecule has 0 aliphatic rings. The molecule has 3 aromatic heterocycles. The Hall–Kier alpha value is -3.53. The molecule has 0 bridgehead atoms. The lowest BCUT2D eigenvalue weighted by Gasteiger charge is -2.07. The number of carbonyl (C=O) groups is 1. The standard InChI is InChI=1S/C19H18N6O3S/c1-22-12-20-16-15(22)17(27)25(19(28)23(16)2)11-14(26)21-18-24(8-9-29-18)10-13-6-4-3-5-7-13/h3-9,12H,10-11H2,1-2H3. The van der Waals surface area contributed by atoms with Crippen LogP contribution in [0.5, 0.6) is 0 Å². The van der Waals surface area contributed by atoms with Crippen LogP contribution in [0.3, 0.4) is 0 Å². The number of hydrogen-bond donors (Lipinski definition) is 0. The van der Waals surface area contributed by atoms with E-state index in [1.807, 2.05) is 46.5 Å². The summed E-state index contributed by atoms with van der Waals surface area (Å²) in [7, 11) is 3.18. The molecule has 9 nitrogen and oxygen atoms in total. The Labute approximate surface area is 168 Å². The number of imidazole rings is 1. The molecule has 0 atom stereocenters. The molecule has 1 amide bonds. The molecule has 0 saturated carbocycles. The molecule has 0 saturated heterocycles. The fraction of sp³-hybridized carbons (Fsp3) is 0.211. The average molecular weight is 410 g/mol. The van der Waals surface area contributed by atoms with E-state index in [4.69, 9.17) is 0 Å². The van der Waals surface area contributed by atoms with E-state index in [1.54, 1.807) is 7.05 Å². The number of fused-ring (bicyclic) bond motifs is 1. The van der Waals surface area contributed by atoms with Crippen molar-refractivity contribution in [2.75, 3.05) is 0 Å². The number of aromatic nitrogens is 5. The van der Waals surface area contributed by atoms with Gasteiger partial charge in [-0.2, -0.15) is 4.99 Å². The van der Waals surface area contributed by atoms with Crippen molar-refractivity contribution in [1.82, 2.24) is 23.3 Å². The van der Waals surface area contributed by atoms with Gasteiger partial charge < -0.3 is 9.13 Å². The van der Waals surface area contributed by atoms with Gasteiger partial charge in [0.15, 0.2) is 16.0 Å². The van der Waals surface area contributed by atoms with Gasteiger partial charge in [-0.25, -0.2) is 14.3 Å². The monoisotopic (exact) mass is 410 g/mol. The van der Waals surface area contributed by atoms with Crippen molar-refractivity contribution < 1.29 is 4.79 Å². The minimum absolute atomic E-state index is 0.259. The van der Waals surface area contributed by atoms with Crippen LogP contribution in [0.2, 0.25) is 0 Å². The van der Waals surface area contributed by atoms with E-state index in [-0.39, 0.29) is 11.2 Å². The van der Waals surface area contributed by atoms with Crippen molar-refractivity contribution >= 4 is 28.4 Å². The molecule has 4 rings (SSSR count). The quantitative estimate of drug-likeness (QED) is 0.489. The van der Waals surface area contributed by atoms with Crippen molar-refractivity contribution in [2.45, 2.75) is 13.1 Å². The van der Waals surface area contributed by atoms with Gasteiger partial charge >= 0.3 is 5.69 Å². The van der Waals surface area contributed by atoms with Crippen molar-refractivity contribution in [3.05, 3.63) is 79.4 Å². The van der Waals surface area contributed by atoms with E-state index in [9.17, 15) is 14.4 Å². The molecular formula is C19H18N6O3S. The van der Waals surface area contributed by atoms with Gasteiger partial charge in [-0.05, 0) is 5.56 Å². The second-order valence-electron chi connectivity index (χ2n) is 6.57. The Bertz CT molecular complexity index is 1390. The molecule has 0 radical (unpaired) electrons. The molecule has 10 heteroatoms. The maximum absolute atomic E-state index is 12.7. The lowest BCUT2D eigenvalue weighted by atomic mass is 10.2. The third-order valence-electron chi connectivity index (χ3n) is 4.57. The molecule has 3 heterocycles. The lowest BCUT2D eigenvalue weighted by Crippen LogP contribution is -2.41. The molecule has 4 aromatic rings. The number of nitrogens with zero attached hydrogens (tertiary/aromatic N) is 6. The zero-order chi connectivity index (χ0) is 20.5. The smallest absolute Gasteiger partial charge is 0.328 e. The molecule has 29 heavy (non-hydrogen) atoms. The van der Waals surface area contributed by atoms with E-state index in [0.29, 0.717) is 11.3 Å². The SMILES string of the molecule is Cn1cnc2c1c(=O)n(CC(=O)N=c1sccn1Cc1ccccc1)c(=O)n2C. The third-order valence-corrected chi connectivity index (χ3v) is 5.36. The van der Waals surface area contributed by atoms with Gasteiger partial charge in [0.2, 0.25) is 0 Å². The topological polar surface area (TPSA) is 96.2 Å². The maximum Gasteiger partial charge on any atom is 0.332 e. The Balaban J connectivity index is 1.68. The first-order valence-electron chi connectivity index (χ1n) is 8.82. The van der Waals surface area contributed by atoms with Crippen LogP contribution >= 0.6 is 11.3 Å². The number of rotatable bonds is 4. The minimum atomic E-state index is -0.604. The van der Waals surface area contributed by atoms with Crippen LogP contribution < -0.4 is 16.1 Å². The molecule has 148 valence electrons. The van der Waals surface area contributed by atoms with Gasteiger partial charge in [0.1, 0.15) is 6.54 Å². The predicted molar refractivity (Wildman–Crippen MR) is 109 cm³/mol. The number of hydrogen-bond acceptors (Lipinski definition) is 5. The molecule has 0 spiro atoms. The largest absolute Gasteiger partial charge is 0.332 e. The summed E-state index contributed by atoms with van der Waals surface area (Å²) in [5, 5.41) is 1.84. The molecule has 0 N–H and O–H groups in total. The third kappa shape index (κ3) is 3.49. The van der Waals surface area contributed by atoms with Crippen LogP contribution in [0, 0.1) is 0 Å². The summed E-state index contributed by atoms with van der Waals surface area (Å²) in [5.41, 5.74) is 0.451. The van der Waals surface area contributed by atoms with Crippen molar-refractivity contribution in [2.24, 2.45) is 19.1 Å². The van der Waals surface area contributed by atoms with E-state index in [1.165, 1.54) is 33.8 Å². The summed E-state index contributed by atoms with van der Waals surface area (Å²) in [4.78, 5) is 46.5. The first kappa shape index (κ1) is 18.8. The number of aryl methyl sites for hydroxylation is 2. The summed E-state index contributed by atoms with van der Waals surface area (Å²) < 4.78 is 5.53. The highest BCUT2D eigenvalue weighted by Crippen LogP contribution is 2.04. The minimum Gasteiger partial charge on any atom is -0.328 e. The summed E-state index contributed by atoms with van der Waals surface area (Å²) in [6.07, 6.45) is 3.30. The first-order chi connectivity index (χ1) is 14.0. The van der Waals surface area contributed by atoms with Gasteiger partial charge in [0.25, 0.3) is 11.5 Å². The Kier molecular flexibility index (Phi) is 4.85. The van der Waals surface area contributed by atoms with Crippen LogP contribution in [-0.4, -0.2) is 29.2 Å². The van der Waals surface area contributed by atoms with Crippen molar-refractivity contribution in [3.63, 3.8) is 0 Å². The molecule has 0 fully saturated rings. The summed E-state index contributed by atoms with van der Waals surface area (Å²) >= 11 is 1.32. The fourth-order valence-corrected chi connectivity index (χ4v) is 3.85. The van der Waals surface area contributed by atoms with Crippen LogP contribution in [0.1, 0.15) is 5.56 Å². The van der Waals surface area contributed by atoms with Gasteiger partial charge in [-0.3, -0.25) is 14.2 Å². The second kappa shape index (κ2) is 7.47. The predicted octanol–water partition coefficient (Wildman–Crippen LogP) is 0.472. The van der Waals surface area contributed by atoms with E-state index < -0.39 is 23.7 Å². The van der Waals surface area contributed by atoms with Crippen LogP contribution in [-0.2, 0) is 32.0 Å². The molecular weight excluding hydrogens is 392 g/mol. The highest BCUT2D eigenvalue weighted by molar-refractivity contribution is 7.07. The Morgan fingerprint density at radius 2 is 1.93 bits per heavy atom. The van der Waals surface area contributed by atoms with Crippen molar-refractivity contribution in [3.8, 4) is 0 Å². The summed E-state index contributed by atoms with van der Waals surface area (Å²) in [5.74, 6) is -0.574. The lowest BCUT2D eigenvalue weighted by molar-refractivity contribution is -0.118. The highest BCUT2D eigenvalue weighted by Gasteiger charge is 2.16. The van der Waals surface area contributed by atoms with Crippen molar-refractivity contribution in [1.29, 1.82) is 0 Å². The molecule has 0 aliphatic heterocycles. The molecule has 0 aliphatic carbocycles. The van der Waals surface area contributed by atoms with Crippen LogP contribution in [0.15, 0.2) is 62.8 Å². The van der Waals surface area contributed by atoms with Crippen LogP contribution in [0.4, 0.5) is 0 Å². The zero-order valence-electron chi connectivity index (χ0n) is 15.8. The number of benzene rings is 1. The van der Waals surface area contributed by atoms with Gasteiger partial charge in [0, 0.05) is 32.2 Å². The maximum atomic E-state index is 12.7. The molecule has 1 aromatic carbocycles. The number of thiazole rings is 1. The Morgan fingerprint density at radius 1 is 1.17 bits per heavy atom. The normalized spacial score (nSPS) is 12.0. The van der Waals surface area contributed by atoms with Gasteiger partial charge in [0.05, 0.1) is 6.33 Å². The summed E-state index contributed by atoms with van der Waals surface area (Å²) in [6, 6.07) is 9.81. The average Bonchev–Trinajstić information content (AvgIpc) is 3.31. The summed E-state index contributed by atoms with van der Waals surface area (Å²) in [6.45, 7) is 0.134. The van der Waals surface area contributed by atoms with Gasteiger partial charge in [-0.15, -0.1) is 11.3 Å². The number of amides is 1. The van der Waals surface area contributed by atoms with E-state index >= 15 is 0 Å². The van der Waals surface area contributed by atoms with Crippen LogP contribution in [0.25, 0.3) is 11.2 Å². The van der Waals surface area contributed by atoms with Gasteiger partial charge in [-0.1, -0.05) is 30.3 Å². The zero-order valence-corrected chi connectivity index (χ0v) is 16.7. The number of carbonyl (C=O) groups excluding carboxylic acids is 1. The first-order valence-corrected chi connectivity index (χ1v) is 9.70. The van der Waals surface area contributed by atoms with E-state index in [0.717, 1.165) is 10.1 Å². The highest BCUT2D eigenvalue weighted by atomic mass is 32.1. The Morgan fingerprint density at radius 3 is 2.69 bits per heavy atom. The second-order valence-corrected chi connectivity index (χ2v) is 7.44.